The molecular weight excluding hydrogens is 316 g/mol. The smallest absolute Gasteiger partial charge is 0.338 e. The van der Waals surface area contributed by atoms with E-state index in [1.807, 2.05) is 60.7 Å². The van der Waals surface area contributed by atoms with Gasteiger partial charge in [0.1, 0.15) is 0 Å². The van der Waals surface area contributed by atoms with Crippen LogP contribution < -0.4 is 0 Å². The summed E-state index contributed by atoms with van der Waals surface area (Å²) in [5.74, 6) is -0.437. The third kappa shape index (κ3) is 4.09. The van der Waals surface area contributed by atoms with Gasteiger partial charge in [0, 0.05) is 0 Å². The van der Waals surface area contributed by atoms with Crippen molar-refractivity contribution < 1.29 is 19.4 Å². The standard InChI is InChI=1S/C21H26O4/c1-4-16(2)15-25-21(19(22)20(23)24-3,17-11-7-5-8-12-17)18-13-9-6-10-14-18/h5-14,16,19,22H,4,15H2,1-3H3. The lowest BCUT2D eigenvalue weighted by molar-refractivity contribution is -0.172. The van der Waals surface area contributed by atoms with Gasteiger partial charge in [0.2, 0.25) is 0 Å². The molecule has 0 saturated heterocycles. The maximum atomic E-state index is 12.3. The Morgan fingerprint density at radius 1 is 1.04 bits per heavy atom. The van der Waals surface area contributed by atoms with E-state index in [9.17, 15) is 9.90 Å². The van der Waals surface area contributed by atoms with Crippen molar-refractivity contribution in [2.75, 3.05) is 13.7 Å². The first-order valence-corrected chi connectivity index (χ1v) is 8.57. The van der Waals surface area contributed by atoms with Gasteiger partial charge < -0.3 is 14.6 Å². The minimum Gasteiger partial charge on any atom is -0.467 e. The largest absolute Gasteiger partial charge is 0.467 e. The Morgan fingerprint density at radius 2 is 1.52 bits per heavy atom. The van der Waals surface area contributed by atoms with Gasteiger partial charge in [0.05, 0.1) is 13.7 Å². The zero-order valence-corrected chi connectivity index (χ0v) is 15.0. The summed E-state index contributed by atoms with van der Waals surface area (Å²) >= 11 is 0. The number of benzene rings is 2. The molecule has 0 heterocycles. The summed E-state index contributed by atoms with van der Waals surface area (Å²) in [5, 5.41) is 10.9. The van der Waals surface area contributed by atoms with Crippen LogP contribution in [0.1, 0.15) is 31.4 Å². The van der Waals surface area contributed by atoms with Crippen LogP contribution >= 0.6 is 0 Å². The fraction of sp³-hybridized carbons (Fsp3) is 0.381. The van der Waals surface area contributed by atoms with Crippen LogP contribution in [0.15, 0.2) is 60.7 Å². The van der Waals surface area contributed by atoms with Crippen molar-refractivity contribution in [3.8, 4) is 0 Å². The number of methoxy groups -OCH3 is 1. The maximum absolute atomic E-state index is 12.3. The van der Waals surface area contributed by atoms with Gasteiger partial charge in [0.25, 0.3) is 0 Å². The van der Waals surface area contributed by atoms with Crippen molar-refractivity contribution in [3.63, 3.8) is 0 Å². The first-order chi connectivity index (χ1) is 12.1. The van der Waals surface area contributed by atoms with Crippen LogP contribution in [0.25, 0.3) is 0 Å². The van der Waals surface area contributed by atoms with Crippen LogP contribution in [0.2, 0.25) is 0 Å². The number of ether oxygens (including phenoxy) is 2. The van der Waals surface area contributed by atoms with Gasteiger partial charge in [0.15, 0.2) is 11.7 Å². The molecule has 4 heteroatoms. The van der Waals surface area contributed by atoms with E-state index in [4.69, 9.17) is 9.47 Å². The Kier molecular flexibility index (Phi) is 6.73. The Bertz CT molecular complexity index is 615. The minimum atomic E-state index is -1.48. The van der Waals surface area contributed by atoms with Crippen molar-refractivity contribution in [1.82, 2.24) is 0 Å². The molecule has 134 valence electrons. The molecule has 0 amide bonds. The van der Waals surface area contributed by atoms with Gasteiger partial charge in [-0.05, 0) is 17.0 Å². The molecule has 0 radical (unpaired) electrons. The topological polar surface area (TPSA) is 55.8 Å². The summed E-state index contributed by atoms with van der Waals surface area (Å²) in [6.07, 6.45) is -0.542. The predicted molar refractivity (Wildman–Crippen MR) is 97.1 cm³/mol. The number of aliphatic hydroxyl groups is 1. The van der Waals surface area contributed by atoms with E-state index >= 15 is 0 Å². The summed E-state index contributed by atoms with van der Waals surface area (Å²) in [5.41, 5.74) is 0.101. The number of carbonyl (C=O) groups is 1. The van der Waals surface area contributed by atoms with Crippen molar-refractivity contribution in [2.45, 2.75) is 32.0 Å². The maximum Gasteiger partial charge on any atom is 0.338 e. The third-order valence-electron chi connectivity index (χ3n) is 4.51. The number of rotatable bonds is 8. The Labute approximate surface area is 149 Å². The molecular formula is C21H26O4. The molecule has 2 aromatic rings. The second-order valence-corrected chi connectivity index (χ2v) is 6.22. The highest BCUT2D eigenvalue weighted by Gasteiger charge is 2.47. The van der Waals surface area contributed by atoms with Crippen molar-refractivity contribution >= 4 is 5.97 Å². The zero-order chi connectivity index (χ0) is 18.3. The molecule has 0 saturated carbocycles. The molecule has 0 aromatic heterocycles. The lowest BCUT2D eigenvalue weighted by Crippen LogP contribution is -2.49. The van der Waals surface area contributed by atoms with Gasteiger partial charge in [-0.3, -0.25) is 0 Å². The summed E-state index contributed by atoms with van der Waals surface area (Å²) in [7, 11) is 1.26. The molecule has 0 spiro atoms. The highest BCUT2D eigenvalue weighted by Crippen LogP contribution is 2.38. The monoisotopic (exact) mass is 342 g/mol. The molecule has 0 aliphatic rings. The van der Waals surface area contributed by atoms with Crippen LogP contribution in [-0.2, 0) is 19.9 Å². The number of hydrogen-bond acceptors (Lipinski definition) is 4. The van der Waals surface area contributed by atoms with Crippen molar-refractivity contribution in [2.24, 2.45) is 5.92 Å². The fourth-order valence-electron chi connectivity index (χ4n) is 2.77. The summed E-state index contributed by atoms with van der Waals surface area (Å²) in [4.78, 5) is 12.3. The molecule has 4 nitrogen and oxygen atoms in total. The number of carbonyl (C=O) groups excluding carboxylic acids is 1. The molecule has 2 unspecified atom stereocenters. The lowest BCUT2D eigenvalue weighted by Gasteiger charge is -2.38. The molecule has 25 heavy (non-hydrogen) atoms. The second kappa shape index (κ2) is 8.79. The van der Waals surface area contributed by atoms with E-state index in [0.717, 1.165) is 6.42 Å². The Hall–Kier alpha value is -2.17. The second-order valence-electron chi connectivity index (χ2n) is 6.22. The number of aliphatic hydroxyl groups excluding tert-OH is 1. The van der Waals surface area contributed by atoms with E-state index < -0.39 is 17.7 Å². The first-order valence-electron chi connectivity index (χ1n) is 8.57. The number of hydrogen-bond donors (Lipinski definition) is 1. The van der Waals surface area contributed by atoms with E-state index in [2.05, 4.69) is 13.8 Å². The molecule has 0 bridgehead atoms. The lowest BCUT2D eigenvalue weighted by atomic mass is 9.81. The van der Waals surface area contributed by atoms with Crippen LogP contribution in [0.3, 0.4) is 0 Å². The summed E-state index contributed by atoms with van der Waals surface area (Å²) in [6, 6.07) is 18.7. The van der Waals surface area contributed by atoms with Gasteiger partial charge in [-0.2, -0.15) is 0 Å². The Balaban J connectivity index is 2.62. The highest BCUT2D eigenvalue weighted by molar-refractivity contribution is 5.77. The normalized spacial score (nSPS) is 13.9. The molecule has 1 N–H and O–H groups in total. The SMILES string of the molecule is CCC(C)COC(c1ccccc1)(c1ccccc1)C(O)C(=O)OC. The average Bonchev–Trinajstić information content (AvgIpc) is 2.69. The van der Waals surface area contributed by atoms with Crippen LogP contribution in [0.5, 0.6) is 0 Å². The Morgan fingerprint density at radius 3 is 1.92 bits per heavy atom. The quantitative estimate of drug-likeness (QED) is 0.746. The van der Waals surface area contributed by atoms with E-state index in [1.165, 1.54) is 7.11 Å². The van der Waals surface area contributed by atoms with Crippen molar-refractivity contribution in [3.05, 3.63) is 71.8 Å². The van der Waals surface area contributed by atoms with E-state index in [-0.39, 0.29) is 5.92 Å². The van der Waals surface area contributed by atoms with Gasteiger partial charge in [-0.25, -0.2) is 4.79 Å². The van der Waals surface area contributed by atoms with Crippen molar-refractivity contribution in [1.29, 1.82) is 0 Å². The molecule has 2 atom stereocenters. The number of esters is 1. The fourth-order valence-corrected chi connectivity index (χ4v) is 2.77. The first kappa shape index (κ1) is 19.2. The molecule has 0 aliphatic carbocycles. The molecule has 2 aromatic carbocycles. The summed E-state index contributed by atoms with van der Waals surface area (Å²) < 4.78 is 11.1. The third-order valence-corrected chi connectivity index (χ3v) is 4.51. The highest BCUT2D eigenvalue weighted by atomic mass is 16.6. The van der Waals surface area contributed by atoms with Crippen LogP contribution in [0.4, 0.5) is 0 Å². The van der Waals surface area contributed by atoms with E-state index in [1.54, 1.807) is 0 Å². The van der Waals surface area contributed by atoms with Crippen LogP contribution in [-0.4, -0.2) is 30.9 Å². The van der Waals surface area contributed by atoms with E-state index in [0.29, 0.717) is 17.7 Å². The molecule has 0 aliphatic heterocycles. The zero-order valence-electron chi connectivity index (χ0n) is 15.0. The predicted octanol–water partition coefficient (Wildman–Crippen LogP) is 3.53. The average molecular weight is 342 g/mol. The minimum absolute atomic E-state index is 0.289. The van der Waals surface area contributed by atoms with Gasteiger partial charge in [-0.15, -0.1) is 0 Å². The summed E-state index contributed by atoms with van der Waals surface area (Å²) in [6.45, 7) is 4.57. The van der Waals surface area contributed by atoms with Gasteiger partial charge in [-0.1, -0.05) is 80.9 Å². The molecule has 2 rings (SSSR count). The van der Waals surface area contributed by atoms with Gasteiger partial charge >= 0.3 is 5.97 Å². The molecule has 0 fully saturated rings. The van der Waals surface area contributed by atoms with Crippen LogP contribution in [0, 0.1) is 5.92 Å².